The average molecular weight is 276 g/mol. The summed E-state index contributed by atoms with van der Waals surface area (Å²) in [7, 11) is 0. The Kier molecular flexibility index (Phi) is 4.65. The normalized spacial score (nSPS) is 17.6. The third-order valence-electron chi connectivity index (χ3n) is 4.33. The molecular formula is C16H24N2O2. The third-order valence-corrected chi connectivity index (χ3v) is 4.33. The van der Waals surface area contributed by atoms with Crippen LogP contribution in [0.15, 0.2) is 24.3 Å². The highest BCUT2D eigenvalue weighted by Crippen LogP contribution is 2.30. The molecule has 0 aliphatic heterocycles. The van der Waals surface area contributed by atoms with Crippen LogP contribution in [0.5, 0.6) is 0 Å². The van der Waals surface area contributed by atoms with Crippen molar-refractivity contribution in [3.8, 4) is 0 Å². The van der Waals surface area contributed by atoms with Crippen LogP contribution in [0.2, 0.25) is 0 Å². The van der Waals surface area contributed by atoms with E-state index >= 15 is 0 Å². The summed E-state index contributed by atoms with van der Waals surface area (Å²) in [6, 6.07) is 8.10. The van der Waals surface area contributed by atoms with Crippen LogP contribution in [0.4, 0.5) is 4.79 Å². The molecule has 1 aliphatic carbocycles. The quantitative estimate of drug-likeness (QED) is 0.774. The van der Waals surface area contributed by atoms with Crippen LogP contribution in [0.25, 0.3) is 0 Å². The van der Waals surface area contributed by atoms with Crippen molar-refractivity contribution in [3.05, 3.63) is 35.4 Å². The van der Waals surface area contributed by atoms with Crippen molar-refractivity contribution in [2.75, 3.05) is 6.54 Å². The lowest BCUT2D eigenvalue weighted by Crippen LogP contribution is -2.46. The van der Waals surface area contributed by atoms with E-state index in [1.807, 2.05) is 26.0 Å². The van der Waals surface area contributed by atoms with Crippen LogP contribution in [0.3, 0.4) is 0 Å². The molecule has 0 heterocycles. The summed E-state index contributed by atoms with van der Waals surface area (Å²) in [5.74, 6) is 0. The number of urea groups is 1. The molecule has 0 fully saturated rings. The molecule has 1 unspecified atom stereocenters. The number of amides is 2. The molecule has 110 valence electrons. The van der Waals surface area contributed by atoms with Gasteiger partial charge in [0.15, 0.2) is 0 Å². The SMILES string of the molecule is CCC(O)(CC)CNC(=O)NC1CCc2ccccc21. The van der Waals surface area contributed by atoms with E-state index in [9.17, 15) is 9.90 Å². The van der Waals surface area contributed by atoms with Crippen LogP contribution >= 0.6 is 0 Å². The van der Waals surface area contributed by atoms with E-state index in [0.29, 0.717) is 19.4 Å². The zero-order chi connectivity index (χ0) is 14.6. The van der Waals surface area contributed by atoms with Gasteiger partial charge in [0.05, 0.1) is 11.6 Å². The second-order valence-corrected chi connectivity index (χ2v) is 5.55. The van der Waals surface area contributed by atoms with Gasteiger partial charge in [0.1, 0.15) is 0 Å². The summed E-state index contributed by atoms with van der Waals surface area (Å²) in [5.41, 5.74) is 1.73. The number of nitrogens with one attached hydrogen (secondary N) is 2. The summed E-state index contributed by atoms with van der Waals surface area (Å²) in [5, 5.41) is 15.9. The molecule has 1 aliphatic rings. The molecule has 0 saturated carbocycles. The molecule has 4 nitrogen and oxygen atoms in total. The fourth-order valence-corrected chi connectivity index (χ4v) is 2.66. The molecule has 0 aromatic heterocycles. The van der Waals surface area contributed by atoms with Gasteiger partial charge in [-0.05, 0) is 36.8 Å². The van der Waals surface area contributed by atoms with Crippen molar-refractivity contribution in [2.24, 2.45) is 0 Å². The molecule has 2 amide bonds. The van der Waals surface area contributed by atoms with Crippen molar-refractivity contribution < 1.29 is 9.90 Å². The number of aliphatic hydroxyl groups is 1. The smallest absolute Gasteiger partial charge is 0.315 e. The van der Waals surface area contributed by atoms with Gasteiger partial charge in [0, 0.05) is 6.54 Å². The van der Waals surface area contributed by atoms with Crippen LogP contribution in [-0.2, 0) is 6.42 Å². The predicted octanol–water partition coefficient (Wildman–Crippen LogP) is 2.52. The Morgan fingerprint density at radius 2 is 2.05 bits per heavy atom. The second-order valence-electron chi connectivity index (χ2n) is 5.55. The topological polar surface area (TPSA) is 61.4 Å². The van der Waals surface area contributed by atoms with Gasteiger partial charge in [-0.1, -0.05) is 38.1 Å². The van der Waals surface area contributed by atoms with Gasteiger partial charge in [-0.15, -0.1) is 0 Å². The van der Waals surface area contributed by atoms with Gasteiger partial charge in [-0.25, -0.2) is 4.79 Å². The van der Waals surface area contributed by atoms with E-state index in [1.54, 1.807) is 0 Å². The summed E-state index contributed by atoms with van der Waals surface area (Å²) < 4.78 is 0. The van der Waals surface area contributed by atoms with Crippen molar-refractivity contribution >= 4 is 6.03 Å². The van der Waals surface area contributed by atoms with Crippen molar-refractivity contribution in [1.29, 1.82) is 0 Å². The predicted molar refractivity (Wildman–Crippen MR) is 79.6 cm³/mol. The largest absolute Gasteiger partial charge is 0.388 e. The van der Waals surface area contributed by atoms with E-state index in [4.69, 9.17) is 0 Å². The highest BCUT2D eigenvalue weighted by atomic mass is 16.3. The Morgan fingerprint density at radius 1 is 1.35 bits per heavy atom. The van der Waals surface area contributed by atoms with Crippen LogP contribution in [0, 0.1) is 0 Å². The van der Waals surface area contributed by atoms with Gasteiger partial charge >= 0.3 is 6.03 Å². The minimum absolute atomic E-state index is 0.0857. The molecule has 2 rings (SSSR count). The molecule has 0 spiro atoms. The fraction of sp³-hybridized carbons (Fsp3) is 0.562. The maximum atomic E-state index is 12.0. The molecule has 1 aromatic rings. The Labute approximate surface area is 120 Å². The molecule has 0 radical (unpaired) electrons. The van der Waals surface area contributed by atoms with Crippen LogP contribution in [0.1, 0.15) is 50.3 Å². The van der Waals surface area contributed by atoms with Crippen LogP contribution < -0.4 is 10.6 Å². The average Bonchev–Trinajstić information content (AvgIpc) is 2.88. The lowest BCUT2D eigenvalue weighted by Gasteiger charge is -2.26. The van der Waals surface area contributed by atoms with E-state index in [1.165, 1.54) is 11.1 Å². The number of fused-ring (bicyclic) bond motifs is 1. The van der Waals surface area contributed by atoms with Crippen LogP contribution in [-0.4, -0.2) is 23.3 Å². The molecule has 20 heavy (non-hydrogen) atoms. The number of carbonyl (C=O) groups excluding carboxylic acids is 1. The summed E-state index contributed by atoms with van der Waals surface area (Å²) in [6.45, 7) is 4.15. The summed E-state index contributed by atoms with van der Waals surface area (Å²) >= 11 is 0. The Bertz CT molecular complexity index is 469. The standard InChI is InChI=1S/C16H24N2O2/c1-3-16(20,4-2)11-17-15(19)18-14-10-9-12-7-5-6-8-13(12)14/h5-8,14,20H,3-4,9-11H2,1-2H3,(H2,17,18,19). The first kappa shape index (κ1) is 14.9. The molecule has 0 saturated heterocycles. The maximum Gasteiger partial charge on any atom is 0.315 e. The number of aryl methyl sites for hydroxylation is 1. The van der Waals surface area contributed by atoms with Crippen molar-refractivity contribution in [2.45, 2.75) is 51.2 Å². The number of benzene rings is 1. The zero-order valence-corrected chi connectivity index (χ0v) is 12.3. The fourth-order valence-electron chi connectivity index (χ4n) is 2.66. The lowest BCUT2D eigenvalue weighted by molar-refractivity contribution is 0.0348. The van der Waals surface area contributed by atoms with Gasteiger partial charge in [0.25, 0.3) is 0 Å². The zero-order valence-electron chi connectivity index (χ0n) is 12.3. The number of carbonyl (C=O) groups is 1. The van der Waals surface area contributed by atoms with Gasteiger partial charge in [-0.2, -0.15) is 0 Å². The highest BCUT2D eigenvalue weighted by Gasteiger charge is 2.25. The Balaban J connectivity index is 1.87. The summed E-state index contributed by atoms with van der Waals surface area (Å²) in [4.78, 5) is 12.0. The molecule has 0 bridgehead atoms. The number of rotatable bonds is 5. The first-order chi connectivity index (χ1) is 9.58. The number of hydrogen-bond acceptors (Lipinski definition) is 2. The Hall–Kier alpha value is -1.55. The maximum absolute atomic E-state index is 12.0. The second kappa shape index (κ2) is 6.27. The number of hydrogen-bond donors (Lipinski definition) is 3. The first-order valence-corrected chi connectivity index (χ1v) is 7.42. The first-order valence-electron chi connectivity index (χ1n) is 7.42. The van der Waals surface area contributed by atoms with Crippen molar-refractivity contribution in [3.63, 3.8) is 0 Å². The summed E-state index contributed by atoms with van der Waals surface area (Å²) in [6.07, 6.45) is 3.22. The van der Waals surface area contributed by atoms with E-state index in [2.05, 4.69) is 22.8 Å². The minimum atomic E-state index is -0.801. The highest BCUT2D eigenvalue weighted by molar-refractivity contribution is 5.74. The molecule has 3 N–H and O–H groups in total. The Morgan fingerprint density at radius 3 is 2.75 bits per heavy atom. The molecule has 4 heteroatoms. The molecule has 1 aromatic carbocycles. The van der Waals surface area contributed by atoms with Gasteiger partial charge < -0.3 is 15.7 Å². The van der Waals surface area contributed by atoms with E-state index < -0.39 is 5.60 Å². The van der Waals surface area contributed by atoms with E-state index in [-0.39, 0.29) is 12.1 Å². The van der Waals surface area contributed by atoms with Gasteiger partial charge in [0.2, 0.25) is 0 Å². The lowest BCUT2D eigenvalue weighted by atomic mass is 9.98. The van der Waals surface area contributed by atoms with E-state index in [0.717, 1.165) is 12.8 Å². The minimum Gasteiger partial charge on any atom is -0.388 e. The van der Waals surface area contributed by atoms with Crippen molar-refractivity contribution in [1.82, 2.24) is 10.6 Å². The monoisotopic (exact) mass is 276 g/mol. The molecule has 1 atom stereocenters. The van der Waals surface area contributed by atoms with Gasteiger partial charge in [-0.3, -0.25) is 0 Å². The third kappa shape index (κ3) is 3.31. The molecular weight excluding hydrogens is 252 g/mol.